The Bertz CT molecular complexity index is 1490. The van der Waals surface area contributed by atoms with Crippen molar-refractivity contribution in [1.82, 2.24) is 15.2 Å². The predicted molar refractivity (Wildman–Crippen MR) is 147 cm³/mol. The van der Waals surface area contributed by atoms with E-state index in [0.717, 1.165) is 16.9 Å². The molecule has 1 amide bonds. The number of amides is 1. The van der Waals surface area contributed by atoms with Crippen LogP contribution in [0.1, 0.15) is 35.5 Å². The smallest absolute Gasteiger partial charge is 0.280 e. The third kappa shape index (κ3) is 5.12. The number of thiocarbonyl (C=S) groups is 1. The first-order valence-corrected chi connectivity index (χ1v) is 12.5. The summed E-state index contributed by atoms with van der Waals surface area (Å²) in [7, 11) is 0. The van der Waals surface area contributed by atoms with Gasteiger partial charge in [0, 0.05) is 30.9 Å². The molecule has 1 fully saturated rings. The van der Waals surface area contributed by atoms with Gasteiger partial charge in [-0.05, 0) is 61.1 Å². The summed E-state index contributed by atoms with van der Waals surface area (Å²) < 4.78 is 6.22. The number of rotatable bonds is 8. The van der Waals surface area contributed by atoms with Crippen LogP contribution in [0.4, 0.5) is 11.4 Å². The number of carbonyl (C=O) groups excluding carboxylic acids is 1. The number of nitrogens with zero attached hydrogens (tertiary/aromatic N) is 3. The molecular formula is C28H25N5O4S. The summed E-state index contributed by atoms with van der Waals surface area (Å²) >= 11 is 5.68. The Morgan fingerprint density at radius 1 is 1.11 bits per heavy atom. The average Bonchev–Trinajstić information content (AvgIpc) is 3.53. The Kier molecular flexibility index (Phi) is 7.14. The average molecular weight is 528 g/mol. The van der Waals surface area contributed by atoms with Gasteiger partial charge in [-0.3, -0.25) is 19.9 Å². The lowest BCUT2D eigenvalue weighted by molar-refractivity contribution is -0.384. The number of nitro groups is 1. The van der Waals surface area contributed by atoms with Crippen LogP contribution in [0.5, 0.6) is 0 Å². The van der Waals surface area contributed by atoms with E-state index in [1.54, 1.807) is 36.5 Å². The number of nitro benzene ring substituents is 1. The number of furan rings is 1. The Morgan fingerprint density at radius 2 is 1.87 bits per heavy atom. The summed E-state index contributed by atoms with van der Waals surface area (Å²) in [6.07, 6.45) is 1.90. The molecule has 2 atom stereocenters. The lowest BCUT2D eigenvalue weighted by Gasteiger charge is -2.26. The van der Waals surface area contributed by atoms with Gasteiger partial charge in [-0.2, -0.15) is 0 Å². The third-order valence-corrected chi connectivity index (χ3v) is 6.83. The summed E-state index contributed by atoms with van der Waals surface area (Å²) in [6, 6.07) is 22.4. The van der Waals surface area contributed by atoms with Crippen molar-refractivity contribution in [2.75, 3.05) is 11.9 Å². The van der Waals surface area contributed by atoms with Crippen molar-refractivity contribution < 1.29 is 14.1 Å². The molecule has 1 aliphatic heterocycles. The van der Waals surface area contributed by atoms with E-state index < -0.39 is 11.0 Å². The Labute approximate surface area is 224 Å². The van der Waals surface area contributed by atoms with Crippen molar-refractivity contribution in [2.24, 2.45) is 0 Å². The zero-order valence-corrected chi connectivity index (χ0v) is 21.4. The van der Waals surface area contributed by atoms with Crippen molar-refractivity contribution in [3.05, 3.63) is 112 Å². The molecule has 5 rings (SSSR count). The molecular weight excluding hydrogens is 502 g/mol. The standard InChI is InChI=1S/C28H25N5O4S/c1-18-8-2-4-10-20(18)30-25(34)15-17-32-27(26(31-28(32)38)21-11-6-7-16-29-21)24-14-13-23(37-24)19-9-3-5-12-22(19)33(35)36/h2-14,16,26-27H,15,17H2,1H3,(H,30,34)(H,31,38). The highest BCUT2D eigenvalue weighted by molar-refractivity contribution is 7.80. The van der Waals surface area contributed by atoms with Gasteiger partial charge in [0.15, 0.2) is 5.11 Å². The van der Waals surface area contributed by atoms with Gasteiger partial charge in [0.25, 0.3) is 5.69 Å². The minimum atomic E-state index is -0.431. The number of hydrogen-bond donors (Lipinski definition) is 2. The topological polar surface area (TPSA) is 114 Å². The molecule has 0 bridgehead atoms. The molecule has 4 aromatic rings. The number of aromatic nitrogens is 1. The summed E-state index contributed by atoms with van der Waals surface area (Å²) in [5.74, 6) is 0.796. The van der Waals surface area contributed by atoms with Crippen LogP contribution in [0.2, 0.25) is 0 Å². The molecule has 10 heteroatoms. The normalized spacial score (nSPS) is 16.8. The zero-order valence-electron chi connectivity index (χ0n) is 20.5. The molecule has 3 heterocycles. The molecule has 2 aromatic carbocycles. The fourth-order valence-electron chi connectivity index (χ4n) is 4.60. The lowest BCUT2D eigenvalue weighted by atomic mass is 10.0. The van der Waals surface area contributed by atoms with Gasteiger partial charge in [-0.25, -0.2) is 0 Å². The van der Waals surface area contributed by atoms with Gasteiger partial charge < -0.3 is 20.0 Å². The quantitative estimate of drug-likeness (QED) is 0.174. The molecule has 2 N–H and O–H groups in total. The number of anilines is 1. The molecule has 0 spiro atoms. The van der Waals surface area contributed by atoms with Crippen molar-refractivity contribution in [3.8, 4) is 11.3 Å². The second-order valence-corrected chi connectivity index (χ2v) is 9.30. The number of aryl methyl sites for hydroxylation is 1. The number of nitrogens with one attached hydrogen (secondary N) is 2. The van der Waals surface area contributed by atoms with Gasteiger partial charge >= 0.3 is 0 Å². The van der Waals surface area contributed by atoms with Crippen molar-refractivity contribution in [2.45, 2.75) is 25.4 Å². The Morgan fingerprint density at radius 3 is 2.63 bits per heavy atom. The fraction of sp³-hybridized carbons (Fsp3) is 0.179. The van der Waals surface area contributed by atoms with Crippen LogP contribution in [0.15, 0.2) is 89.5 Å². The van der Waals surface area contributed by atoms with Crippen LogP contribution in [0.25, 0.3) is 11.3 Å². The van der Waals surface area contributed by atoms with E-state index in [9.17, 15) is 14.9 Å². The first-order chi connectivity index (χ1) is 18.4. The summed E-state index contributed by atoms with van der Waals surface area (Å²) in [5.41, 5.74) is 2.85. The molecule has 2 aromatic heterocycles. The molecule has 192 valence electrons. The van der Waals surface area contributed by atoms with Crippen molar-refractivity contribution in [3.63, 3.8) is 0 Å². The maximum Gasteiger partial charge on any atom is 0.280 e. The molecule has 0 aliphatic carbocycles. The maximum absolute atomic E-state index is 12.8. The first kappa shape index (κ1) is 25.1. The Hall–Kier alpha value is -4.57. The van der Waals surface area contributed by atoms with Gasteiger partial charge in [0.2, 0.25) is 5.91 Å². The van der Waals surface area contributed by atoms with Crippen molar-refractivity contribution >= 4 is 34.6 Å². The molecule has 38 heavy (non-hydrogen) atoms. The second-order valence-electron chi connectivity index (χ2n) is 8.91. The molecule has 0 radical (unpaired) electrons. The Balaban J connectivity index is 1.43. The SMILES string of the molecule is Cc1ccccc1NC(=O)CCN1C(=S)NC(c2ccccn2)C1c1ccc(-c2ccccc2[N+](=O)[O-])o1. The highest BCUT2D eigenvalue weighted by atomic mass is 32.1. The summed E-state index contributed by atoms with van der Waals surface area (Å²) in [5, 5.41) is 18.3. The number of hydrogen-bond acceptors (Lipinski definition) is 6. The minimum absolute atomic E-state index is 0.0422. The number of pyridine rings is 1. The van der Waals surface area contributed by atoms with Crippen LogP contribution in [0, 0.1) is 17.0 Å². The monoisotopic (exact) mass is 527 g/mol. The highest BCUT2D eigenvalue weighted by Crippen LogP contribution is 2.41. The second kappa shape index (κ2) is 10.8. The number of carbonyl (C=O) groups is 1. The van der Waals surface area contributed by atoms with Gasteiger partial charge in [-0.15, -0.1) is 0 Å². The van der Waals surface area contributed by atoms with E-state index in [-0.39, 0.29) is 24.1 Å². The van der Waals surface area contributed by atoms with Crippen LogP contribution < -0.4 is 10.6 Å². The minimum Gasteiger partial charge on any atom is -0.459 e. The summed E-state index contributed by atoms with van der Waals surface area (Å²) in [4.78, 5) is 30.4. The summed E-state index contributed by atoms with van der Waals surface area (Å²) in [6.45, 7) is 2.27. The largest absolute Gasteiger partial charge is 0.459 e. The first-order valence-electron chi connectivity index (χ1n) is 12.1. The molecule has 9 nitrogen and oxygen atoms in total. The van der Waals surface area contributed by atoms with Crippen LogP contribution >= 0.6 is 12.2 Å². The molecule has 1 aliphatic rings. The van der Waals surface area contributed by atoms with Gasteiger partial charge in [0.05, 0.1) is 22.2 Å². The van der Waals surface area contributed by atoms with E-state index in [1.165, 1.54) is 6.07 Å². The number of para-hydroxylation sites is 2. The van der Waals surface area contributed by atoms with Gasteiger partial charge in [0.1, 0.15) is 17.6 Å². The third-order valence-electron chi connectivity index (χ3n) is 6.48. The highest BCUT2D eigenvalue weighted by Gasteiger charge is 2.41. The van der Waals surface area contributed by atoms with Crippen LogP contribution in [-0.4, -0.2) is 32.4 Å². The van der Waals surface area contributed by atoms with E-state index >= 15 is 0 Å². The van der Waals surface area contributed by atoms with E-state index in [2.05, 4.69) is 15.6 Å². The lowest BCUT2D eigenvalue weighted by Crippen LogP contribution is -2.32. The molecule has 1 saturated heterocycles. The van der Waals surface area contributed by atoms with E-state index in [4.69, 9.17) is 16.6 Å². The molecule has 2 unspecified atom stereocenters. The zero-order chi connectivity index (χ0) is 26.6. The van der Waals surface area contributed by atoms with E-state index in [1.807, 2.05) is 54.3 Å². The van der Waals surface area contributed by atoms with Crippen LogP contribution in [-0.2, 0) is 4.79 Å². The van der Waals surface area contributed by atoms with Gasteiger partial charge in [-0.1, -0.05) is 36.4 Å². The molecule has 0 saturated carbocycles. The van der Waals surface area contributed by atoms with E-state index in [0.29, 0.717) is 28.7 Å². The predicted octanol–water partition coefficient (Wildman–Crippen LogP) is 5.56. The van der Waals surface area contributed by atoms with Crippen LogP contribution in [0.3, 0.4) is 0 Å². The van der Waals surface area contributed by atoms with Crippen molar-refractivity contribution in [1.29, 1.82) is 0 Å². The number of benzene rings is 2. The maximum atomic E-state index is 12.8. The fourth-order valence-corrected chi connectivity index (χ4v) is 4.93.